The maximum atomic E-state index is 14.3. The van der Waals surface area contributed by atoms with E-state index in [1.54, 1.807) is 30.9 Å². The molecule has 0 unspecified atom stereocenters. The minimum atomic E-state index is -0.268. The smallest absolute Gasteiger partial charge is 0.262 e. The van der Waals surface area contributed by atoms with Crippen molar-refractivity contribution in [3.05, 3.63) is 88.0 Å². The number of rotatable bonds is 9. The lowest BCUT2D eigenvalue weighted by atomic mass is 10.1. The van der Waals surface area contributed by atoms with Crippen molar-refractivity contribution in [3.8, 4) is 11.5 Å². The van der Waals surface area contributed by atoms with Crippen LogP contribution in [0.15, 0.2) is 70.6 Å². The molecule has 7 nitrogen and oxygen atoms in total. The van der Waals surface area contributed by atoms with Crippen LogP contribution in [0.2, 0.25) is 0 Å². The van der Waals surface area contributed by atoms with Crippen LogP contribution in [0.1, 0.15) is 11.1 Å². The third-order valence-electron chi connectivity index (χ3n) is 6.67. The van der Waals surface area contributed by atoms with Gasteiger partial charge in [0, 0.05) is 31.1 Å². The van der Waals surface area contributed by atoms with Crippen LogP contribution in [0.4, 0.5) is 10.1 Å². The zero-order valence-corrected chi connectivity index (χ0v) is 22.3. The van der Waals surface area contributed by atoms with E-state index >= 15 is 0 Å². The maximum Gasteiger partial charge on any atom is 0.262 e. The van der Waals surface area contributed by atoms with Gasteiger partial charge in [-0.2, -0.15) is 0 Å². The number of benzene rings is 3. The van der Waals surface area contributed by atoms with Crippen molar-refractivity contribution >= 4 is 28.4 Å². The number of anilines is 1. The molecule has 2 heterocycles. The van der Waals surface area contributed by atoms with Crippen molar-refractivity contribution in [2.45, 2.75) is 23.9 Å². The lowest BCUT2D eigenvalue weighted by Crippen LogP contribution is -2.36. The van der Waals surface area contributed by atoms with Gasteiger partial charge in [0.05, 0.1) is 38.3 Å². The second-order valence-corrected chi connectivity index (χ2v) is 9.91. The fraction of sp³-hybridized carbons (Fsp3) is 0.310. The van der Waals surface area contributed by atoms with Crippen LogP contribution in [0, 0.1) is 5.82 Å². The number of halogens is 1. The molecule has 0 saturated carbocycles. The van der Waals surface area contributed by atoms with Crippen LogP contribution in [0.3, 0.4) is 0 Å². The summed E-state index contributed by atoms with van der Waals surface area (Å²) in [5, 5.41) is 1.13. The van der Waals surface area contributed by atoms with Crippen molar-refractivity contribution in [2.24, 2.45) is 0 Å². The quantitative estimate of drug-likeness (QED) is 0.223. The summed E-state index contributed by atoms with van der Waals surface area (Å²) in [5.74, 6) is 1.39. The normalized spacial score (nSPS) is 13.6. The number of hydrogen-bond acceptors (Lipinski definition) is 7. The van der Waals surface area contributed by atoms with Gasteiger partial charge >= 0.3 is 0 Å². The summed E-state index contributed by atoms with van der Waals surface area (Å²) in [6.45, 7) is 3.31. The third kappa shape index (κ3) is 5.63. The van der Waals surface area contributed by atoms with E-state index in [-0.39, 0.29) is 11.4 Å². The molecule has 0 atom stereocenters. The molecule has 0 N–H and O–H groups in total. The molecule has 3 aromatic carbocycles. The number of thioether (sulfide) groups is 1. The highest BCUT2D eigenvalue weighted by molar-refractivity contribution is 7.98. The molecule has 0 spiro atoms. The zero-order chi connectivity index (χ0) is 26.5. The highest BCUT2D eigenvalue weighted by Crippen LogP contribution is 2.29. The summed E-state index contributed by atoms with van der Waals surface area (Å²) < 4.78 is 32.3. The Labute approximate surface area is 225 Å². The minimum absolute atomic E-state index is 0.110. The number of morpholine rings is 1. The lowest BCUT2D eigenvalue weighted by molar-refractivity contribution is 0.122. The predicted octanol–water partition coefficient (Wildman–Crippen LogP) is 4.92. The summed E-state index contributed by atoms with van der Waals surface area (Å²) >= 11 is 1.36. The highest BCUT2D eigenvalue weighted by Gasteiger charge is 2.17. The summed E-state index contributed by atoms with van der Waals surface area (Å²) in [5.41, 5.74) is 3.08. The van der Waals surface area contributed by atoms with Gasteiger partial charge < -0.3 is 19.1 Å². The molecule has 0 aliphatic carbocycles. The fourth-order valence-corrected chi connectivity index (χ4v) is 5.56. The van der Waals surface area contributed by atoms with Crippen molar-refractivity contribution < 1.29 is 18.6 Å². The Morgan fingerprint density at radius 2 is 1.79 bits per heavy atom. The number of ether oxygens (including phenoxy) is 3. The van der Waals surface area contributed by atoms with Crippen LogP contribution in [-0.2, 0) is 23.5 Å². The number of fused-ring (bicyclic) bond motifs is 1. The van der Waals surface area contributed by atoms with Gasteiger partial charge in [0.25, 0.3) is 5.56 Å². The minimum Gasteiger partial charge on any atom is -0.493 e. The molecule has 4 aromatic rings. The summed E-state index contributed by atoms with van der Waals surface area (Å²) in [6, 6.07) is 18.2. The monoisotopic (exact) mass is 535 g/mol. The van der Waals surface area contributed by atoms with E-state index in [1.807, 2.05) is 42.5 Å². The molecule has 1 fully saturated rings. The van der Waals surface area contributed by atoms with E-state index in [0.29, 0.717) is 65.1 Å². The van der Waals surface area contributed by atoms with Crippen molar-refractivity contribution in [2.75, 3.05) is 45.4 Å². The first-order chi connectivity index (χ1) is 18.6. The molecule has 1 aliphatic heterocycles. The largest absolute Gasteiger partial charge is 0.493 e. The van der Waals surface area contributed by atoms with Crippen molar-refractivity contribution in [1.82, 2.24) is 9.55 Å². The molecule has 9 heteroatoms. The first-order valence-electron chi connectivity index (χ1n) is 12.5. The molecule has 0 bridgehead atoms. The van der Waals surface area contributed by atoms with Gasteiger partial charge in [0.2, 0.25) is 0 Å². The predicted molar refractivity (Wildman–Crippen MR) is 148 cm³/mol. The van der Waals surface area contributed by atoms with Crippen LogP contribution in [0.25, 0.3) is 10.9 Å². The average molecular weight is 536 g/mol. The average Bonchev–Trinajstić information content (AvgIpc) is 2.96. The molecule has 1 saturated heterocycles. The maximum absolute atomic E-state index is 14.3. The standard InChI is InChI=1S/C29H30FN3O4S/c1-35-26-10-7-20(17-27(26)36-2)11-12-33-28(34)23-18-22(32-13-15-37-16-14-32)8-9-25(23)31-29(33)38-19-21-5-3-4-6-24(21)30/h3-10,17-18H,11-16,19H2,1-2H3. The third-order valence-corrected chi connectivity index (χ3v) is 7.69. The summed E-state index contributed by atoms with van der Waals surface area (Å²) in [7, 11) is 3.20. The molecule has 1 aromatic heterocycles. The van der Waals surface area contributed by atoms with Gasteiger partial charge in [0.1, 0.15) is 5.82 Å². The second-order valence-electron chi connectivity index (χ2n) is 8.97. The van der Waals surface area contributed by atoms with E-state index in [2.05, 4.69) is 4.90 Å². The molecule has 0 amide bonds. The molecule has 5 rings (SSSR count). The highest BCUT2D eigenvalue weighted by atomic mass is 32.2. The number of nitrogens with zero attached hydrogens (tertiary/aromatic N) is 3. The molecular formula is C29H30FN3O4S. The molecule has 1 aliphatic rings. The SMILES string of the molecule is COc1ccc(CCn2c(SCc3ccccc3F)nc3ccc(N4CCOCC4)cc3c2=O)cc1OC. The van der Waals surface area contributed by atoms with E-state index in [9.17, 15) is 9.18 Å². The molecule has 38 heavy (non-hydrogen) atoms. The number of hydrogen-bond donors (Lipinski definition) is 0. The number of aryl methyl sites for hydroxylation is 1. The first kappa shape index (κ1) is 26.1. The van der Waals surface area contributed by atoms with Crippen LogP contribution in [0.5, 0.6) is 11.5 Å². The Kier molecular flexibility index (Phi) is 8.14. The lowest BCUT2D eigenvalue weighted by Gasteiger charge is -2.29. The Balaban J connectivity index is 1.50. The van der Waals surface area contributed by atoms with Gasteiger partial charge in [-0.3, -0.25) is 9.36 Å². The molecular weight excluding hydrogens is 505 g/mol. The Morgan fingerprint density at radius 1 is 1.00 bits per heavy atom. The van der Waals surface area contributed by atoms with Gasteiger partial charge in [-0.15, -0.1) is 0 Å². The topological polar surface area (TPSA) is 65.8 Å². The van der Waals surface area contributed by atoms with Crippen LogP contribution >= 0.6 is 11.8 Å². The summed E-state index contributed by atoms with van der Waals surface area (Å²) in [4.78, 5) is 20.9. The van der Waals surface area contributed by atoms with Crippen molar-refractivity contribution in [3.63, 3.8) is 0 Å². The van der Waals surface area contributed by atoms with Gasteiger partial charge in [-0.05, 0) is 53.9 Å². The van der Waals surface area contributed by atoms with Crippen LogP contribution < -0.4 is 19.9 Å². The second kappa shape index (κ2) is 11.9. The Hall–Kier alpha value is -3.56. The van der Waals surface area contributed by atoms with E-state index in [1.165, 1.54) is 17.8 Å². The van der Waals surface area contributed by atoms with Gasteiger partial charge in [0.15, 0.2) is 16.7 Å². The number of methoxy groups -OCH3 is 2. The Bertz CT molecular complexity index is 1490. The van der Waals surface area contributed by atoms with E-state index in [0.717, 1.165) is 24.3 Å². The van der Waals surface area contributed by atoms with Gasteiger partial charge in [-0.25, -0.2) is 9.37 Å². The molecule has 198 valence electrons. The zero-order valence-electron chi connectivity index (χ0n) is 21.5. The first-order valence-corrected chi connectivity index (χ1v) is 13.5. The van der Waals surface area contributed by atoms with Gasteiger partial charge in [-0.1, -0.05) is 36.0 Å². The fourth-order valence-electron chi connectivity index (χ4n) is 4.55. The molecule has 0 radical (unpaired) electrons. The van der Waals surface area contributed by atoms with Crippen molar-refractivity contribution in [1.29, 1.82) is 0 Å². The number of aromatic nitrogens is 2. The van der Waals surface area contributed by atoms with Crippen LogP contribution in [-0.4, -0.2) is 50.1 Å². The van der Waals surface area contributed by atoms with E-state index in [4.69, 9.17) is 19.2 Å². The van der Waals surface area contributed by atoms with E-state index < -0.39 is 0 Å². The summed E-state index contributed by atoms with van der Waals surface area (Å²) in [6.07, 6.45) is 0.587. The Morgan fingerprint density at radius 3 is 2.55 bits per heavy atom.